The molecular formula is C29H34N4O4. The van der Waals surface area contributed by atoms with Gasteiger partial charge in [0.15, 0.2) is 0 Å². The Morgan fingerprint density at radius 1 is 1.05 bits per heavy atom. The van der Waals surface area contributed by atoms with Crippen LogP contribution in [0.3, 0.4) is 0 Å². The molecule has 4 rings (SSSR count). The molecule has 0 aliphatic heterocycles. The van der Waals surface area contributed by atoms with Crippen LogP contribution in [-0.2, 0) is 16.0 Å². The first-order valence-electron chi connectivity index (χ1n) is 12.7. The number of benzene rings is 2. The second-order valence-electron chi connectivity index (χ2n) is 9.57. The molecule has 1 aromatic heterocycles. The highest BCUT2D eigenvalue weighted by Gasteiger charge is 2.28. The van der Waals surface area contributed by atoms with E-state index in [2.05, 4.69) is 20.4 Å². The van der Waals surface area contributed by atoms with Gasteiger partial charge in [-0.2, -0.15) is 0 Å². The normalized spacial score (nSPS) is 18.0. The number of hydrogen-bond donors (Lipinski definition) is 4. The fourth-order valence-corrected chi connectivity index (χ4v) is 4.87. The van der Waals surface area contributed by atoms with Gasteiger partial charge in [-0.05, 0) is 79.5 Å². The van der Waals surface area contributed by atoms with Gasteiger partial charge < -0.3 is 20.8 Å². The first-order valence-corrected chi connectivity index (χ1v) is 12.7. The van der Waals surface area contributed by atoms with E-state index in [0.717, 1.165) is 36.8 Å². The van der Waals surface area contributed by atoms with E-state index in [4.69, 9.17) is 5.73 Å². The summed E-state index contributed by atoms with van der Waals surface area (Å²) in [5, 5.41) is 5.87. The molecule has 1 aliphatic carbocycles. The molecule has 8 heteroatoms. The van der Waals surface area contributed by atoms with Crippen LogP contribution in [0.5, 0.6) is 0 Å². The molecule has 1 unspecified atom stereocenters. The molecule has 8 nitrogen and oxygen atoms in total. The number of ether oxygens (including phenoxy) is 1. The molecule has 5 N–H and O–H groups in total. The molecule has 1 fully saturated rings. The van der Waals surface area contributed by atoms with Crippen LogP contribution in [0.1, 0.15) is 42.9 Å². The number of methoxy groups -OCH3 is 1. The van der Waals surface area contributed by atoms with Crippen molar-refractivity contribution in [2.45, 2.75) is 38.1 Å². The van der Waals surface area contributed by atoms with Crippen LogP contribution in [0, 0.1) is 11.8 Å². The molecule has 37 heavy (non-hydrogen) atoms. The summed E-state index contributed by atoms with van der Waals surface area (Å²) >= 11 is 0. The van der Waals surface area contributed by atoms with Crippen LogP contribution in [0.25, 0.3) is 11.1 Å². The first kappa shape index (κ1) is 26.2. The number of rotatable bonds is 8. The Kier molecular flexibility index (Phi) is 8.74. The van der Waals surface area contributed by atoms with Crippen molar-refractivity contribution in [2.75, 3.05) is 19.0 Å². The average Bonchev–Trinajstić information content (AvgIpc) is 2.94. The summed E-state index contributed by atoms with van der Waals surface area (Å²) in [4.78, 5) is 40.3. The number of carbonyl (C=O) groups is 2. The van der Waals surface area contributed by atoms with Crippen LogP contribution in [0.15, 0.2) is 71.7 Å². The van der Waals surface area contributed by atoms with Crippen LogP contribution < -0.4 is 21.9 Å². The van der Waals surface area contributed by atoms with Crippen molar-refractivity contribution < 1.29 is 14.3 Å². The molecule has 0 spiro atoms. The van der Waals surface area contributed by atoms with E-state index in [1.54, 1.807) is 30.5 Å². The number of carbonyl (C=O) groups excluding carboxylic acids is 2. The van der Waals surface area contributed by atoms with Crippen molar-refractivity contribution in [3.63, 3.8) is 0 Å². The van der Waals surface area contributed by atoms with Crippen molar-refractivity contribution in [3.8, 4) is 11.1 Å². The van der Waals surface area contributed by atoms with Crippen molar-refractivity contribution in [3.05, 3.63) is 88.3 Å². The maximum Gasteiger partial charge on any atom is 0.411 e. The van der Waals surface area contributed by atoms with Gasteiger partial charge in [-0.25, -0.2) is 4.79 Å². The monoisotopic (exact) mass is 502 g/mol. The Bertz CT molecular complexity index is 1250. The quantitative estimate of drug-likeness (QED) is 0.364. The third kappa shape index (κ3) is 6.86. The Labute approximate surface area is 216 Å². The summed E-state index contributed by atoms with van der Waals surface area (Å²) in [7, 11) is 1.30. The lowest BCUT2D eigenvalue weighted by molar-refractivity contribution is -0.127. The van der Waals surface area contributed by atoms with E-state index >= 15 is 0 Å². The molecular weight excluding hydrogens is 468 g/mol. The minimum atomic E-state index is -0.566. The van der Waals surface area contributed by atoms with Gasteiger partial charge in [0, 0.05) is 23.4 Å². The lowest BCUT2D eigenvalue weighted by atomic mass is 9.81. The third-order valence-corrected chi connectivity index (χ3v) is 7.11. The Balaban J connectivity index is 1.58. The summed E-state index contributed by atoms with van der Waals surface area (Å²) in [5.41, 5.74) is 9.24. The van der Waals surface area contributed by atoms with Gasteiger partial charge in [-0.1, -0.05) is 42.5 Å². The smallest absolute Gasteiger partial charge is 0.411 e. The first-order chi connectivity index (χ1) is 18.0. The van der Waals surface area contributed by atoms with Crippen molar-refractivity contribution in [2.24, 2.45) is 17.6 Å². The highest BCUT2D eigenvalue weighted by molar-refractivity contribution is 5.85. The van der Waals surface area contributed by atoms with Crippen molar-refractivity contribution >= 4 is 17.7 Å². The standard InChI is InChI=1S/C29H34N4O4/c1-37-29(36)32-24-13-11-21(12-14-24)25-16-23(18-31-28(25)35)26(15-19-5-3-2-4-6-19)33-27(34)22-9-7-20(17-30)8-10-22/h2-6,11-14,16,18,20,22,26H,7-10,15,17,30H2,1H3,(H,31,35)(H,32,36)(H,33,34)/t20-,22-,26?. The zero-order valence-electron chi connectivity index (χ0n) is 21.0. The zero-order valence-corrected chi connectivity index (χ0v) is 21.0. The fraction of sp³-hybridized carbons (Fsp3) is 0.345. The second-order valence-corrected chi connectivity index (χ2v) is 9.57. The Morgan fingerprint density at radius 3 is 2.41 bits per heavy atom. The molecule has 1 atom stereocenters. The number of anilines is 1. The van der Waals surface area contributed by atoms with Gasteiger partial charge in [-0.3, -0.25) is 14.9 Å². The van der Waals surface area contributed by atoms with Gasteiger partial charge >= 0.3 is 6.09 Å². The molecule has 1 aliphatic rings. The lowest BCUT2D eigenvalue weighted by Crippen LogP contribution is -2.37. The van der Waals surface area contributed by atoms with Crippen LogP contribution in [0.4, 0.5) is 10.5 Å². The number of hydrogen-bond acceptors (Lipinski definition) is 5. The van der Waals surface area contributed by atoms with Gasteiger partial charge in [0.05, 0.1) is 13.2 Å². The van der Waals surface area contributed by atoms with Gasteiger partial charge in [0.2, 0.25) is 5.91 Å². The summed E-state index contributed by atoms with van der Waals surface area (Å²) in [5.74, 6) is 0.515. The maximum atomic E-state index is 13.3. The number of amides is 2. The molecule has 1 saturated carbocycles. The van der Waals surface area contributed by atoms with Crippen LogP contribution in [0.2, 0.25) is 0 Å². The lowest BCUT2D eigenvalue weighted by Gasteiger charge is -2.29. The summed E-state index contributed by atoms with van der Waals surface area (Å²) < 4.78 is 4.62. The topological polar surface area (TPSA) is 126 Å². The van der Waals surface area contributed by atoms with E-state index in [-0.39, 0.29) is 23.4 Å². The number of aromatic amines is 1. The Morgan fingerprint density at radius 2 is 1.76 bits per heavy atom. The van der Waals surface area contributed by atoms with Crippen molar-refractivity contribution in [1.29, 1.82) is 0 Å². The number of H-pyrrole nitrogens is 1. The van der Waals surface area contributed by atoms with Crippen LogP contribution in [-0.4, -0.2) is 30.6 Å². The second kappa shape index (κ2) is 12.4. The summed E-state index contributed by atoms with van der Waals surface area (Å²) in [6, 6.07) is 18.5. The third-order valence-electron chi connectivity index (χ3n) is 7.11. The van der Waals surface area contributed by atoms with Crippen molar-refractivity contribution in [1.82, 2.24) is 10.3 Å². The molecule has 0 saturated heterocycles. The maximum absolute atomic E-state index is 13.3. The number of nitrogens with two attached hydrogens (primary N) is 1. The average molecular weight is 503 g/mol. The minimum Gasteiger partial charge on any atom is -0.453 e. The zero-order chi connectivity index (χ0) is 26.2. The van der Waals surface area contributed by atoms with Gasteiger partial charge in [-0.15, -0.1) is 0 Å². The summed E-state index contributed by atoms with van der Waals surface area (Å²) in [6.07, 6.45) is 5.34. The van der Waals surface area contributed by atoms with Crippen LogP contribution >= 0.6 is 0 Å². The van der Waals surface area contributed by atoms with E-state index in [0.29, 0.717) is 35.7 Å². The predicted octanol–water partition coefficient (Wildman–Crippen LogP) is 4.39. The van der Waals surface area contributed by atoms with Gasteiger partial charge in [0.1, 0.15) is 0 Å². The predicted molar refractivity (Wildman–Crippen MR) is 144 cm³/mol. The summed E-state index contributed by atoms with van der Waals surface area (Å²) in [6.45, 7) is 0.671. The number of nitrogens with one attached hydrogen (secondary N) is 3. The number of pyridine rings is 1. The minimum absolute atomic E-state index is 0.0295. The SMILES string of the molecule is COC(=O)Nc1ccc(-c2cc(C(Cc3ccccc3)NC(=O)[C@H]3CC[C@H](CN)CC3)c[nH]c2=O)cc1. The van der Waals surface area contributed by atoms with E-state index < -0.39 is 6.09 Å². The molecule has 0 radical (unpaired) electrons. The van der Waals surface area contributed by atoms with E-state index in [9.17, 15) is 14.4 Å². The fourth-order valence-electron chi connectivity index (χ4n) is 4.87. The highest BCUT2D eigenvalue weighted by atomic mass is 16.5. The Hall–Kier alpha value is -3.91. The molecule has 0 bridgehead atoms. The molecule has 1 heterocycles. The largest absolute Gasteiger partial charge is 0.453 e. The molecule has 194 valence electrons. The molecule has 2 amide bonds. The van der Waals surface area contributed by atoms with Gasteiger partial charge in [0.25, 0.3) is 5.56 Å². The van der Waals surface area contributed by atoms with E-state index in [1.165, 1.54) is 7.11 Å². The molecule has 3 aromatic rings. The molecule has 2 aromatic carbocycles. The number of aromatic nitrogens is 1. The highest BCUT2D eigenvalue weighted by Crippen LogP contribution is 2.30. The van der Waals surface area contributed by atoms with E-state index in [1.807, 2.05) is 36.4 Å².